The number of esters is 2. The van der Waals surface area contributed by atoms with Crippen LogP contribution in [0.1, 0.15) is 144 Å². The van der Waals surface area contributed by atoms with Gasteiger partial charge in [-0.05, 0) is 174 Å². The fourth-order valence-corrected chi connectivity index (χ4v) is 21.8. The molecule has 7 fully saturated rings. The van der Waals surface area contributed by atoms with Gasteiger partial charge in [0.15, 0.2) is 11.4 Å². The molecule has 7 aliphatic heterocycles. The first-order valence-corrected chi connectivity index (χ1v) is 27.8. The Morgan fingerprint density at radius 1 is 0.910 bits per heavy atom. The van der Waals surface area contributed by atoms with Crippen molar-refractivity contribution in [2.75, 3.05) is 19.6 Å². The van der Waals surface area contributed by atoms with Gasteiger partial charge >= 0.3 is 11.9 Å². The SMILES string of the molecule is C[C@@H]1/C=C\[C@H]2C3=C4CC[C@@]56/C(=C(\O)[C@@H]7CC[C@H]8[C@@H]9C[C@H](CN8[C@H]7[C@H]7CCC8(CCCC8)C7)[C@@H]7CCC8=C([C@@H]4[C@@H]4[C@@H](CC=C[C@H]42)C8)N7C9)OC(=O)[C@@]35[C@H](C1)[C@@]61OC(=O)c2c(CCCN)cccc21. The van der Waals surface area contributed by atoms with Gasteiger partial charge in [0.05, 0.1) is 11.0 Å². The molecule has 16 rings (SSSR count). The van der Waals surface area contributed by atoms with E-state index in [1.165, 1.54) is 88.3 Å². The van der Waals surface area contributed by atoms with E-state index in [0.717, 1.165) is 49.8 Å². The van der Waals surface area contributed by atoms with Gasteiger partial charge in [-0.2, -0.15) is 0 Å². The second-order valence-corrected chi connectivity index (χ2v) is 25.7. The molecule has 3 saturated carbocycles. The van der Waals surface area contributed by atoms with E-state index in [1.807, 2.05) is 0 Å². The lowest BCUT2D eigenvalue weighted by atomic mass is 9.27. The lowest BCUT2D eigenvalue weighted by Gasteiger charge is -2.73. The number of rotatable bonds is 4. The van der Waals surface area contributed by atoms with Gasteiger partial charge in [-0.1, -0.05) is 73.4 Å². The standard InChI is InChI=1S/C59H71N3O5/c1-31-12-14-39-38-10-4-8-33-26-34-13-16-43-36-27-37-30-62(43)51(34)48(46(33)38)40-19-23-57-53(52(63)41-15-17-44(37)61(29-36)50(41)35-18-22-56(28-35)20-2-3-21-56)66-55(65)58(57,49(39)40)45(25-31)59(57)42-11-5-7-32(9-6-24-60)47(42)54(64)67-59/h4-5,7,10-12,14,31,33,35-39,41,43-46,48,50,63H,2-3,6,8-9,13,15-30,60H2,1H3/b14-12-,53-52+/t31-,33+,35+,36-,37-,38+,39-,41-,43+,44+,45+,46-,48+,50+,57-,58-,59-/m1/s1. The summed E-state index contributed by atoms with van der Waals surface area (Å²) in [5.41, 5.74) is 12.2. The Morgan fingerprint density at radius 3 is 2.67 bits per heavy atom. The van der Waals surface area contributed by atoms with Crippen LogP contribution < -0.4 is 5.73 Å². The van der Waals surface area contributed by atoms with E-state index in [0.29, 0.717) is 90.0 Å². The number of aliphatic hydroxyl groups is 1. The number of ether oxygens (including phenoxy) is 2. The maximum atomic E-state index is 16.4. The fourth-order valence-electron chi connectivity index (χ4n) is 21.8. The number of hydrogen-bond donors (Lipinski definition) is 2. The Hall–Kier alpha value is -3.62. The Balaban J connectivity index is 1.00. The molecule has 67 heavy (non-hydrogen) atoms. The van der Waals surface area contributed by atoms with Crippen LogP contribution in [0, 0.1) is 81.3 Å². The first-order valence-electron chi connectivity index (χ1n) is 27.8. The monoisotopic (exact) mass is 902 g/mol. The number of carbonyl (C=O) groups excluding carboxylic acids is 2. The van der Waals surface area contributed by atoms with Crippen molar-refractivity contribution >= 4 is 11.9 Å². The highest BCUT2D eigenvalue weighted by Crippen LogP contribution is 2.88. The number of carbonyl (C=O) groups is 2. The molecule has 8 heteroatoms. The number of piperidine rings is 3. The Kier molecular flexibility index (Phi) is 8.04. The minimum atomic E-state index is -1.14. The van der Waals surface area contributed by atoms with Crippen molar-refractivity contribution in [3.63, 3.8) is 0 Å². The molecule has 1 aromatic rings. The number of fused-ring (bicyclic) bond motifs is 9. The van der Waals surface area contributed by atoms with Crippen molar-refractivity contribution in [2.45, 2.75) is 153 Å². The third kappa shape index (κ3) is 4.52. The summed E-state index contributed by atoms with van der Waals surface area (Å²) in [6.07, 6.45) is 31.2. The third-order valence-electron chi connectivity index (χ3n) is 23.6. The molecule has 17 atom stereocenters. The Bertz CT molecular complexity index is 2600. The fraction of sp³-hybridized carbons (Fsp3) is 0.695. The van der Waals surface area contributed by atoms with Gasteiger partial charge in [0.2, 0.25) is 0 Å². The van der Waals surface area contributed by atoms with E-state index in [2.05, 4.69) is 59.2 Å². The van der Waals surface area contributed by atoms with Crippen molar-refractivity contribution < 1.29 is 24.2 Å². The van der Waals surface area contributed by atoms with Crippen LogP contribution in [-0.2, 0) is 26.3 Å². The highest BCUT2D eigenvalue weighted by molar-refractivity contribution is 6.00. The van der Waals surface area contributed by atoms with Crippen LogP contribution in [0.5, 0.6) is 0 Å². The van der Waals surface area contributed by atoms with Crippen LogP contribution in [0.3, 0.4) is 0 Å². The number of nitrogens with zero attached hydrogens (tertiary/aromatic N) is 2. The van der Waals surface area contributed by atoms with Crippen molar-refractivity contribution in [2.24, 2.45) is 87.1 Å². The summed E-state index contributed by atoms with van der Waals surface area (Å²) < 4.78 is 14.6. The smallest absolute Gasteiger partial charge is 0.339 e. The molecule has 0 unspecified atom stereocenters. The minimum Gasteiger partial charge on any atom is -0.508 e. The summed E-state index contributed by atoms with van der Waals surface area (Å²) in [7, 11) is 0. The maximum Gasteiger partial charge on any atom is 0.339 e. The largest absolute Gasteiger partial charge is 0.508 e. The highest BCUT2D eigenvalue weighted by Gasteiger charge is 2.94. The van der Waals surface area contributed by atoms with Crippen molar-refractivity contribution in [1.82, 2.24) is 9.80 Å². The first kappa shape index (κ1) is 40.1. The Labute approximate surface area is 396 Å². The summed E-state index contributed by atoms with van der Waals surface area (Å²) in [5, 5.41) is 14.0. The molecule has 7 heterocycles. The summed E-state index contributed by atoms with van der Waals surface area (Å²) in [6, 6.07) is 7.66. The van der Waals surface area contributed by atoms with Gasteiger partial charge in [-0.15, -0.1) is 0 Å². The molecule has 0 radical (unpaired) electrons. The van der Waals surface area contributed by atoms with Gasteiger partial charge in [-0.25, -0.2) is 4.79 Å². The molecule has 4 saturated heterocycles. The number of benzene rings is 1. The number of aliphatic hydroxyl groups excluding tert-OH is 1. The van der Waals surface area contributed by atoms with Gasteiger partial charge < -0.3 is 25.2 Å². The molecule has 0 amide bonds. The van der Waals surface area contributed by atoms with E-state index < -0.39 is 16.4 Å². The Morgan fingerprint density at radius 2 is 1.79 bits per heavy atom. The average molecular weight is 902 g/mol. The molecule has 8 aliphatic carbocycles. The predicted molar refractivity (Wildman–Crippen MR) is 254 cm³/mol. The normalized spacial score (nSPS) is 49.9. The van der Waals surface area contributed by atoms with Crippen LogP contribution >= 0.6 is 0 Å². The zero-order chi connectivity index (χ0) is 44.5. The van der Waals surface area contributed by atoms with Crippen molar-refractivity contribution in [3.05, 3.63) is 93.1 Å². The van der Waals surface area contributed by atoms with Crippen LogP contribution in [0.2, 0.25) is 0 Å². The summed E-state index contributed by atoms with van der Waals surface area (Å²) in [4.78, 5) is 37.6. The van der Waals surface area contributed by atoms with E-state index in [-0.39, 0.29) is 53.5 Å². The zero-order valence-corrected chi connectivity index (χ0v) is 39.7. The van der Waals surface area contributed by atoms with Crippen molar-refractivity contribution in [1.29, 1.82) is 0 Å². The lowest BCUT2D eigenvalue weighted by Crippen LogP contribution is -2.78. The van der Waals surface area contributed by atoms with Gasteiger partial charge in [-0.3, -0.25) is 9.69 Å². The van der Waals surface area contributed by atoms with E-state index in [4.69, 9.17) is 15.2 Å². The molecule has 8 nitrogen and oxygen atoms in total. The number of allylic oxidation sites excluding steroid dienone is 6. The van der Waals surface area contributed by atoms with Crippen LogP contribution in [-0.4, -0.2) is 64.6 Å². The maximum absolute atomic E-state index is 16.4. The predicted octanol–water partition coefficient (Wildman–Crippen LogP) is 10.2. The van der Waals surface area contributed by atoms with Gasteiger partial charge in [0.1, 0.15) is 11.2 Å². The van der Waals surface area contributed by atoms with Crippen LogP contribution in [0.25, 0.3) is 0 Å². The van der Waals surface area contributed by atoms with Gasteiger partial charge in [0.25, 0.3) is 0 Å². The lowest BCUT2D eigenvalue weighted by molar-refractivity contribution is -0.282. The third-order valence-corrected chi connectivity index (χ3v) is 23.6. The summed E-state index contributed by atoms with van der Waals surface area (Å²) >= 11 is 0. The second kappa shape index (κ2) is 13.4. The molecule has 0 aromatic heterocycles. The summed E-state index contributed by atoms with van der Waals surface area (Å²) in [6.45, 7) is 5.15. The number of nitrogens with two attached hydrogens (primary N) is 1. The molecule has 15 aliphatic rings. The molecule has 1 aromatic carbocycles. The average Bonchev–Trinajstić information content (AvgIpc) is 4.11. The topological polar surface area (TPSA) is 105 Å². The summed E-state index contributed by atoms with van der Waals surface area (Å²) in [5.74, 6) is 3.57. The van der Waals surface area contributed by atoms with E-state index in [9.17, 15) is 5.11 Å². The molecule has 352 valence electrons. The highest BCUT2D eigenvalue weighted by atomic mass is 16.6. The molecular weight excluding hydrogens is 831 g/mol. The second-order valence-electron chi connectivity index (χ2n) is 25.7. The van der Waals surface area contributed by atoms with Crippen LogP contribution in [0.15, 0.2) is 76.4 Å². The van der Waals surface area contributed by atoms with Gasteiger partial charge in [0, 0.05) is 66.1 Å². The molecule has 3 N–H and O–H groups in total. The van der Waals surface area contributed by atoms with Crippen LogP contribution in [0.4, 0.5) is 0 Å². The van der Waals surface area contributed by atoms with E-state index >= 15 is 9.59 Å². The first-order chi connectivity index (χ1) is 32.7. The van der Waals surface area contributed by atoms with E-state index in [1.54, 1.807) is 11.3 Å². The minimum absolute atomic E-state index is 0.0500. The molecule has 4 spiro atoms. The zero-order valence-electron chi connectivity index (χ0n) is 39.7. The quantitative estimate of drug-likeness (QED) is 0.227. The molecule has 7 bridgehead atoms. The molecular formula is C59H71N3O5. The number of aryl methyl sites for hydroxylation is 1. The number of hydrogen-bond acceptors (Lipinski definition) is 8. The van der Waals surface area contributed by atoms with Crippen molar-refractivity contribution in [3.8, 4) is 0 Å².